The molecule has 2 aromatic heterocycles. The zero-order chi connectivity index (χ0) is 13.9. The minimum absolute atomic E-state index is 0.0774. The molecule has 0 aliphatic carbocycles. The second-order valence-electron chi connectivity index (χ2n) is 4.74. The Balaban J connectivity index is 1.63. The summed E-state index contributed by atoms with van der Waals surface area (Å²) in [7, 11) is 0. The lowest BCUT2D eigenvalue weighted by Crippen LogP contribution is -2.11. The minimum Gasteiger partial charge on any atom is -0.361 e. The molecule has 1 aromatic carbocycles. The quantitative estimate of drug-likeness (QED) is 0.764. The van der Waals surface area contributed by atoms with E-state index in [0.717, 1.165) is 22.2 Å². The number of aromatic amines is 1. The van der Waals surface area contributed by atoms with E-state index in [4.69, 9.17) is 4.52 Å². The minimum atomic E-state index is -0.0774. The van der Waals surface area contributed by atoms with E-state index in [2.05, 4.69) is 21.5 Å². The average Bonchev–Trinajstić information content (AvgIpc) is 3.03. The van der Waals surface area contributed by atoms with Gasteiger partial charge in [0.05, 0.1) is 5.69 Å². The number of nitrogens with one attached hydrogen (secondary N) is 2. The summed E-state index contributed by atoms with van der Waals surface area (Å²) in [5.41, 5.74) is 2.98. The van der Waals surface area contributed by atoms with Crippen LogP contribution in [0.5, 0.6) is 0 Å². The molecule has 5 nitrogen and oxygen atoms in total. The van der Waals surface area contributed by atoms with Crippen molar-refractivity contribution in [1.29, 1.82) is 0 Å². The number of hydrogen-bond donors (Lipinski definition) is 2. The maximum Gasteiger partial charge on any atom is 0.231 e. The largest absolute Gasteiger partial charge is 0.361 e. The van der Waals surface area contributed by atoms with Gasteiger partial charge in [0.25, 0.3) is 0 Å². The summed E-state index contributed by atoms with van der Waals surface area (Å²) in [6.07, 6.45) is 3.04. The summed E-state index contributed by atoms with van der Waals surface area (Å²) in [5.74, 6) is 0.317. The van der Waals surface area contributed by atoms with Crippen molar-refractivity contribution in [3.05, 3.63) is 47.8 Å². The molecule has 0 aliphatic heterocycles. The van der Waals surface area contributed by atoms with Crippen LogP contribution < -0.4 is 5.32 Å². The lowest BCUT2D eigenvalue weighted by Gasteiger charge is -2.00. The van der Waals surface area contributed by atoms with Gasteiger partial charge in [-0.3, -0.25) is 10.1 Å². The van der Waals surface area contributed by atoms with Crippen LogP contribution in [0, 0.1) is 6.92 Å². The van der Waals surface area contributed by atoms with Crippen molar-refractivity contribution < 1.29 is 9.32 Å². The summed E-state index contributed by atoms with van der Waals surface area (Å²) < 4.78 is 4.95. The van der Waals surface area contributed by atoms with Crippen LogP contribution >= 0.6 is 0 Å². The van der Waals surface area contributed by atoms with Gasteiger partial charge >= 0.3 is 0 Å². The molecular weight excluding hydrogens is 254 g/mol. The first-order valence-corrected chi connectivity index (χ1v) is 6.50. The first kappa shape index (κ1) is 12.5. The Morgan fingerprint density at radius 1 is 1.40 bits per heavy atom. The Labute approximate surface area is 116 Å². The van der Waals surface area contributed by atoms with Gasteiger partial charge in [0.1, 0.15) is 0 Å². The normalized spacial score (nSPS) is 10.8. The van der Waals surface area contributed by atoms with E-state index in [1.165, 1.54) is 0 Å². The van der Waals surface area contributed by atoms with Gasteiger partial charge in [-0.05, 0) is 25.0 Å². The fraction of sp³-hybridized carbons (Fsp3) is 0.200. The van der Waals surface area contributed by atoms with Crippen LogP contribution in [0.2, 0.25) is 0 Å². The molecule has 0 unspecified atom stereocenters. The van der Waals surface area contributed by atoms with Crippen molar-refractivity contribution in [1.82, 2.24) is 10.1 Å². The summed E-state index contributed by atoms with van der Waals surface area (Å²) in [6.45, 7) is 1.81. The number of benzene rings is 1. The van der Waals surface area contributed by atoms with E-state index >= 15 is 0 Å². The molecule has 102 valence electrons. The zero-order valence-corrected chi connectivity index (χ0v) is 11.1. The number of nitrogens with zero attached hydrogens (tertiary/aromatic N) is 1. The van der Waals surface area contributed by atoms with Gasteiger partial charge in [-0.25, -0.2) is 0 Å². The standard InChI is InChI=1S/C15H15N3O2/c1-10-8-15(20-18-10)17-14(19)7-6-11-9-16-13-5-3-2-4-12(11)13/h2-5,8-9,16H,6-7H2,1H3,(H,17,19). The van der Waals surface area contributed by atoms with Crippen LogP contribution in [0.1, 0.15) is 17.7 Å². The summed E-state index contributed by atoms with van der Waals surface area (Å²) >= 11 is 0. The predicted molar refractivity (Wildman–Crippen MR) is 76.5 cm³/mol. The fourth-order valence-corrected chi connectivity index (χ4v) is 2.21. The second kappa shape index (κ2) is 5.21. The first-order chi connectivity index (χ1) is 9.72. The van der Waals surface area contributed by atoms with Crippen LogP contribution in [0.25, 0.3) is 10.9 Å². The molecule has 0 bridgehead atoms. The maximum absolute atomic E-state index is 11.8. The number of H-pyrrole nitrogens is 1. The van der Waals surface area contributed by atoms with Crippen LogP contribution in [-0.2, 0) is 11.2 Å². The van der Waals surface area contributed by atoms with Crippen molar-refractivity contribution in [2.75, 3.05) is 5.32 Å². The van der Waals surface area contributed by atoms with E-state index < -0.39 is 0 Å². The fourth-order valence-electron chi connectivity index (χ4n) is 2.21. The van der Waals surface area contributed by atoms with Crippen LogP contribution in [0.15, 0.2) is 41.1 Å². The van der Waals surface area contributed by atoms with E-state index in [9.17, 15) is 4.79 Å². The number of fused-ring (bicyclic) bond motifs is 1. The van der Waals surface area contributed by atoms with E-state index in [-0.39, 0.29) is 5.91 Å². The molecule has 3 aromatic rings. The highest BCUT2D eigenvalue weighted by atomic mass is 16.5. The van der Waals surface area contributed by atoms with Crippen molar-refractivity contribution in [3.8, 4) is 0 Å². The highest BCUT2D eigenvalue weighted by Gasteiger charge is 2.09. The lowest BCUT2D eigenvalue weighted by molar-refractivity contribution is -0.116. The third kappa shape index (κ3) is 2.56. The number of para-hydroxylation sites is 1. The molecule has 2 N–H and O–H groups in total. The molecular formula is C15H15N3O2. The molecule has 0 saturated carbocycles. The molecule has 0 radical (unpaired) electrons. The Kier molecular flexibility index (Phi) is 3.25. The van der Waals surface area contributed by atoms with Gasteiger partial charge in [-0.2, -0.15) is 0 Å². The zero-order valence-electron chi connectivity index (χ0n) is 11.1. The molecule has 20 heavy (non-hydrogen) atoms. The molecule has 2 heterocycles. The third-order valence-electron chi connectivity index (χ3n) is 3.19. The summed E-state index contributed by atoms with van der Waals surface area (Å²) in [6, 6.07) is 9.76. The molecule has 0 saturated heterocycles. The van der Waals surface area contributed by atoms with E-state index in [1.54, 1.807) is 6.07 Å². The van der Waals surface area contributed by atoms with Gasteiger partial charge < -0.3 is 9.51 Å². The summed E-state index contributed by atoms with van der Waals surface area (Å²) in [4.78, 5) is 15.0. The second-order valence-corrected chi connectivity index (χ2v) is 4.74. The highest BCUT2D eigenvalue weighted by molar-refractivity contribution is 5.90. The number of carbonyl (C=O) groups is 1. The Morgan fingerprint density at radius 2 is 2.25 bits per heavy atom. The van der Waals surface area contributed by atoms with E-state index in [1.807, 2.05) is 31.3 Å². The lowest BCUT2D eigenvalue weighted by atomic mass is 10.1. The maximum atomic E-state index is 11.8. The first-order valence-electron chi connectivity index (χ1n) is 6.50. The van der Waals surface area contributed by atoms with Crippen molar-refractivity contribution in [2.45, 2.75) is 19.8 Å². The summed E-state index contributed by atoms with van der Waals surface area (Å²) in [5, 5.41) is 7.58. The smallest absolute Gasteiger partial charge is 0.231 e. The van der Waals surface area contributed by atoms with Crippen molar-refractivity contribution in [2.24, 2.45) is 0 Å². The predicted octanol–water partition coefficient (Wildman–Crippen LogP) is 3.04. The molecule has 5 heteroatoms. The van der Waals surface area contributed by atoms with Crippen LogP contribution in [-0.4, -0.2) is 16.0 Å². The Morgan fingerprint density at radius 3 is 3.05 bits per heavy atom. The van der Waals surface area contributed by atoms with Crippen molar-refractivity contribution in [3.63, 3.8) is 0 Å². The SMILES string of the molecule is Cc1cc(NC(=O)CCc2c[nH]c3ccccc23)on1. The molecule has 0 spiro atoms. The number of hydrogen-bond acceptors (Lipinski definition) is 3. The number of carbonyl (C=O) groups excluding carboxylic acids is 1. The van der Waals surface area contributed by atoms with Gasteiger partial charge in [-0.1, -0.05) is 23.4 Å². The third-order valence-corrected chi connectivity index (χ3v) is 3.19. The van der Waals surface area contributed by atoms with E-state index in [0.29, 0.717) is 18.7 Å². The molecule has 1 amide bonds. The molecule has 3 rings (SSSR count). The van der Waals surface area contributed by atoms with Crippen LogP contribution in [0.3, 0.4) is 0 Å². The Hall–Kier alpha value is -2.56. The number of rotatable bonds is 4. The number of anilines is 1. The molecule has 0 atom stereocenters. The molecule has 0 fully saturated rings. The van der Waals surface area contributed by atoms with Crippen LogP contribution in [0.4, 0.5) is 5.88 Å². The topological polar surface area (TPSA) is 70.9 Å². The average molecular weight is 269 g/mol. The molecule has 0 aliphatic rings. The van der Waals surface area contributed by atoms with Gasteiger partial charge in [0, 0.05) is 29.6 Å². The van der Waals surface area contributed by atoms with Gasteiger partial charge in [0.2, 0.25) is 11.8 Å². The van der Waals surface area contributed by atoms with Gasteiger partial charge in [0.15, 0.2) is 0 Å². The van der Waals surface area contributed by atoms with Gasteiger partial charge in [-0.15, -0.1) is 0 Å². The van der Waals surface area contributed by atoms with Crippen molar-refractivity contribution >= 4 is 22.7 Å². The monoisotopic (exact) mass is 269 g/mol. The number of amides is 1. The Bertz CT molecular complexity index is 742. The number of aromatic nitrogens is 2. The highest BCUT2D eigenvalue weighted by Crippen LogP contribution is 2.19. The number of aryl methyl sites for hydroxylation is 2.